The molecule has 0 bridgehead atoms. The van der Waals surface area contributed by atoms with E-state index in [1.807, 2.05) is 30.3 Å². The van der Waals surface area contributed by atoms with Crippen LogP contribution in [-0.4, -0.2) is 44.0 Å². The van der Waals surface area contributed by atoms with Gasteiger partial charge in [0.05, 0.1) is 11.5 Å². The summed E-state index contributed by atoms with van der Waals surface area (Å²) in [4.78, 5) is 26.3. The normalized spacial score (nSPS) is 16.3. The number of carboxylic acid groups (broad SMARTS) is 1. The number of ether oxygens (including phenoxy) is 1. The predicted molar refractivity (Wildman–Crippen MR) is 116 cm³/mol. The number of carbonyl (C=O) groups excluding carboxylic acids is 1. The highest BCUT2D eigenvalue weighted by Gasteiger charge is 2.40. The Kier molecular flexibility index (Phi) is 6.56. The Morgan fingerprint density at radius 3 is 2.66 bits per heavy atom. The van der Waals surface area contributed by atoms with Crippen molar-refractivity contribution in [2.45, 2.75) is 19.4 Å². The van der Waals surface area contributed by atoms with E-state index in [0.717, 1.165) is 22.2 Å². The molecule has 1 amide bonds. The Labute approximate surface area is 177 Å². The quantitative estimate of drug-likeness (QED) is 0.513. The van der Waals surface area contributed by atoms with Gasteiger partial charge in [-0.2, -0.15) is 0 Å². The topological polar surface area (TPSA) is 87.1 Å². The van der Waals surface area contributed by atoms with Crippen molar-refractivity contribution < 1.29 is 24.5 Å². The third kappa shape index (κ3) is 4.78. The lowest BCUT2D eigenvalue weighted by Gasteiger charge is -2.23. The summed E-state index contributed by atoms with van der Waals surface area (Å²) < 4.78 is 5.56. The van der Waals surface area contributed by atoms with Crippen LogP contribution in [0.2, 0.25) is 0 Å². The molecular weight excluding hydrogens is 410 g/mol. The fourth-order valence-electron chi connectivity index (χ4n) is 2.92. The largest absolute Gasteiger partial charge is 0.504 e. The summed E-state index contributed by atoms with van der Waals surface area (Å²) >= 11 is 6.37. The zero-order valence-electron chi connectivity index (χ0n) is 15.6. The van der Waals surface area contributed by atoms with Gasteiger partial charge in [-0.1, -0.05) is 60.4 Å². The lowest BCUT2D eigenvalue weighted by molar-refractivity contribution is -0.145. The molecule has 0 saturated carbocycles. The monoisotopic (exact) mass is 429 g/mol. The van der Waals surface area contributed by atoms with Crippen molar-refractivity contribution in [2.24, 2.45) is 0 Å². The summed E-state index contributed by atoms with van der Waals surface area (Å²) in [6, 6.07) is 12.8. The van der Waals surface area contributed by atoms with E-state index in [0.29, 0.717) is 22.8 Å². The first-order valence-corrected chi connectivity index (χ1v) is 10.1. The maximum atomic E-state index is 12.9. The number of hydrogen-bond donors (Lipinski definition) is 2. The number of thioether (sulfide) groups is 1. The average molecular weight is 430 g/mol. The van der Waals surface area contributed by atoms with Crippen molar-refractivity contribution >= 4 is 46.3 Å². The maximum Gasteiger partial charge on any atom is 0.327 e. The fraction of sp³-hybridized carbons (Fsp3) is 0.190. The summed E-state index contributed by atoms with van der Waals surface area (Å²) in [5.74, 6) is -1.25. The van der Waals surface area contributed by atoms with E-state index in [-0.39, 0.29) is 16.5 Å². The van der Waals surface area contributed by atoms with E-state index in [1.165, 1.54) is 6.07 Å². The van der Waals surface area contributed by atoms with E-state index in [1.54, 1.807) is 25.1 Å². The summed E-state index contributed by atoms with van der Waals surface area (Å²) in [5, 5.41) is 19.5. The minimum absolute atomic E-state index is 0.00495. The van der Waals surface area contributed by atoms with E-state index >= 15 is 0 Å². The highest BCUT2D eigenvalue weighted by molar-refractivity contribution is 8.26. The van der Waals surface area contributed by atoms with Gasteiger partial charge in [-0.25, -0.2) is 4.79 Å². The molecule has 1 atom stereocenters. The fourth-order valence-corrected chi connectivity index (χ4v) is 4.27. The Morgan fingerprint density at radius 1 is 1.28 bits per heavy atom. The third-order valence-corrected chi connectivity index (χ3v) is 5.60. The number of aliphatic carboxylic acids is 1. The molecule has 0 radical (unpaired) electrons. The highest BCUT2D eigenvalue weighted by atomic mass is 32.2. The van der Waals surface area contributed by atoms with E-state index < -0.39 is 17.9 Å². The molecule has 1 heterocycles. The number of benzene rings is 2. The number of carboxylic acids is 1. The molecule has 0 spiro atoms. The van der Waals surface area contributed by atoms with Gasteiger partial charge in [-0.3, -0.25) is 9.69 Å². The second kappa shape index (κ2) is 9.11. The number of amides is 1. The molecule has 1 aliphatic rings. The SMILES string of the molecule is CCOc1cc(/C=C2\SC(=S)N([C@@H](Cc3ccccc3)C(=O)O)C2=O)ccc1O. The molecule has 29 heavy (non-hydrogen) atoms. The van der Waals surface area contributed by atoms with Crippen LogP contribution in [0.1, 0.15) is 18.1 Å². The number of thiocarbonyl (C=S) groups is 1. The third-order valence-electron chi connectivity index (χ3n) is 4.27. The molecule has 150 valence electrons. The van der Waals surface area contributed by atoms with Crippen LogP contribution < -0.4 is 4.74 Å². The van der Waals surface area contributed by atoms with Gasteiger partial charge < -0.3 is 14.9 Å². The number of phenolic OH excluding ortho intramolecular Hbond substituents is 1. The molecule has 2 N–H and O–H groups in total. The van der Waals surface area contributed by atoms with Crippen molar-refractivity contribution in [1.82, 2.24) is 4.90 Å². The van der Waals surface area contributed by atoms with E-state index in [9.17, 15) is 19.8 Å². The number of carbonyl (C=O) groups is 2. The van der Waals surface area contributed by atoms with E-state index in [2.05, 4.69) is 0 Å². The summed E-state index contributed by atoms with van der Waals surface area (Å²) in [7, 11) is 0. The second-order valence-electron chi connectivity index (χ2n) is 6.26. The van der Waals surface area contributed by atoms with Crippen LogP contribution in [-0.2, 0) is 16.0 Å². The van der Waals surface area contributed by atoms with Crippen LogP contribution in [0.15, 0.2) is 53.4 Å². The minimum Gasteiger partial charge on any atom is -0.504 e. The summed E-state index contributed by atoms with van der Waals surface area (Å²) in [5.41, 5.74) is 1.44. The first-order valence-electron chi connectivity index (χ1n) is 8.90. The maximum absolute atomic E-state index is 12.9. The average Bonchev–Trinajstić information content (AvgIpc) is 2.96. The molecule has 0 unspecified atom stereocenters. The Hall–Kier alpha value is -2.84. The van der Waals surface area contributed by atoms with E-state index in [4.69, 9.17) is 17.0 Å². The Balaban J connectivity index is 1.87. The van der Waals surface area contributed by atoms with Crippen LogP contribution in [0.5, 0.6) is 11.5 Å². The smallest absolute Gasteiger partial charge is 0.327 e. The molecule has 2 aromatic rings. The van der Waals surface area contributed by atoms with Crippen molar-refractivity contribution in [3.63, 3.8) is 0 Å². The number of hydrogen-bond acceptors (Lipinski definition) is 6. The van der Waals surface area contributed by atoms with Crippen LogP contribution >= 0.6 is 24.0 Å². The summed E-state index contributed by atoms with van der Waals surface area (Å²) in [6.45, 7) is 2.19. The zero-order valence-corrected chi connectivity index (χ0v) is 17.2. The van der Waals surface area contributed by atoms with Gasteiger partial charge >= 0.3 is 5.97 Å². The molecule has 3 rings (SSSR count). The van der Waals surface area contributed by atoms with Gasteiger partial charge in [-0.05, 0) is 36.3 Å². The molecule has 1 fully saturated rings. The van der Waals surface area contributed by atoms with Gasteiger partial charge in [0.1, 0.15) is 10.4 Å². The second-order valence-corrected chi connectivity index (χ2v) is 7.93. The minimum atomic E-state index is -1.12. The van der Waals surface area contributed by atoms with Gasteiger partial charge in [0.15, 0.2) is 11.5 Å². The van der Waals surface area contributed by atoms with Gasteiger partial charge in [0.2, 0.25) is 0 Å². The standard InChI is InChI=1S/C21H19NO5S2/c1-2-27-17-11-14(8-9-16(17)23)12-18-19(24)22(21(28)29-18)15(20(25)26)10-13-6-4-3-5-7-13/h3-9,11-12,15,23H,2,10H2,1H3,(H,25,26)/b18-12-/t15-/m0/s1. The van der Waals surface area contributed by atoms with Crippen molar-refractivity contribution in [1.29, 1.82) is 0 Å². The van der Waals surface area contributed by atoms with Crippen molar-refractivity contribution in [2.75, 3.05) is 6.61 Å². The first kappa shape index (κ1) is 20.9. The van der Waals surface area contributed by atoms with Crippen LogP contribution in [0.4, 0.5) is 0 Å². The lowest BCUT2D eigenvalue weighted by Crippen LogP contribution is -2.45. The number of nitrogens with zero attached hydrogens (tertiary/aromatic N) is 1. The zero-order chi connectivity index (χ0) is 21.0. The molecular formula is C21H19NO5S2. The van der Waals surface area contributed by atoms with Crippen molar-refractivity contribution in [3.8, 4) is 11.5 Å². The van der Waals surface area contributed by atoms with Crippen LogP contribution in [0, 0.1) is 0 Å². The van der Waals surface area contributed by atoms with Crippen LogP contribution in [0.25, 0.3) is 6.08 Å². The number of rotatable bonds is 7. The van der Waals surface area contributed by atoms with Gasteiger partial charge in [-0.15, -0.1) is 0 Å². The van der Waals surface area contributed by atoms with Crippen LogP contribution in [0.3, 0.4) is 0 Å². The van der Waals surface area contributed by atoms with Gasteiger partial charge in [0.25, 0.3) is 5.91 Å². The highest BCUT2D eigenvalue weighted by Crippen LogP contribution is 2.36. The Morgan fingerprint density at radius 2 is 2.00 bits per heavy atom. The predicted octanol–water partition coefficient (Wildman–Crippen LogP) is 3.69. The molecule has 6 nitrogen and oxygen atoms in total. The molecule has 8 heteroatoms. The van der Waals surface area contributed by atoms with Crippen molar-refractivity contribution in [3.05, 3.63) is 64.6 Å². The molecule has 1 aliphatic heterocycles. The molecule has 1 saturated heterocycles. The molecule has 0 aliphatic carbocycles. The molecule has 0 aromatic heterocycles. The molecule has 2 aromatic carbocycles. The van der Waals surface area contributed by atoms with Gasteiger partial charge in [0, 0.05) is 6.42 Å². The number of phenols is 1. The Bertz CT molecular complexity index is 974. The lowest BCUT2D eigenvalue weighted by atomic mass is 10.0. The number of aromatic hydroxyl groups is 1. The first-order chi connectivity index (χ1) is 13.9. The summed E-state index contributed by atoms with van der Waals surface area (Å²) in [6.07, 6.45) is 1.77.